The van der Waals surface area contributed by atoms with E-state index < -0.39 is 5.54 Å². The van der Waals surface area contributed by atoms with Crippen molar-refractivity contribution in [3.63, 3.8) is 0 Å². The van der Waals surface area contributed by atoms with Crippen molar-refractivity contribution in [3.8, 4) is 0 Å². The second kappa shape index (κ2) is 5.33. The molecule has 0 radical (unpaired) electrons. The fourth-order valence-corrected chi connectivity index (χ4v) is 3.04. The maximum absolute atomic E-state index is 11.6. The smallest absolute Gasteiger partial charge is 0.237 e. The van der Waals surface area contributed by atoms with Crippen molar-refractivity contribution >= 4 is 5.91 Å². The Balaban J connectivity index is 1.98. The van der Waals surface area contributed by atoms with Crippen LogP contribution >= 0.6 is 0 Å². The molecule has 1 aliphatic heterocycles. The van der Waals surface area contributed by atoms with Crippen LogP contribution in [0.3, 0.4) is 0 Å². The maximum atomic E-state index is 11.6. The predicted octanol–water partition coefficient (Wildman–Crippen LogP) is -0.295. The Morgan fingerprint density at radius 1 is 1.47 bits per heavy atom. The van der Waals surface area contributed by atoms with Crippen LogP contribution in [0.25, 0.3) is 0 Å². The highest BCUT2D eigenvalue weighted by Crippen LogP contribution is 2.33. The minimum absolute atomic E-state index is 0.214. The van der Waals surface area contributed by atoms with Gasteiger partial charge < -0.3 is 15.8 Å². The Kier molecular flexibility index (Phi) is 4.01. The van der Waals surface area contributed by atoms with Crippen molar-refractivity contribution in [2.24, 2.45) is 5.73 Å². The summed E-state index contributed by atoms with van der Waals surface area (Å²) in [4.78, 5) is 14.0. The minimum Gasteiger partial charge on any atom is -0.380 e. The molecule has 2 fully saturated rings. The molecule has 1 saturated carbocycles. The van der Waals surface area contributed by atoms with Gasteiger partial charge in [0.15, 0.2) is 0 Å². The van der Waals surface area contributed by atoms with Crippen LogP contribution < -0.4 is 11.1 Å². The van der Waals surface area contributed by atoms with Gasteiger partial charge in [-0.1, -0.05) is 0 Å². The molecular weight excluding hydrogens is 218 g/mol. The highest BCUT2D eigenvalue weighted by molar-refractivity contribution is 5.85. The van der Waals surface area contributed by atoms with Gasteiger partial charge in [-0.25, -0.2) is 0 Å². The molecule has 0 bridgehead atoms. The highest BCUT2D eigenvalue weighted by atomic mass is 16.5. The van der Waals surface area contributed by atoms with Crippen molar-refractivity contribution in [2.75, 3.05) is 33.4 Å². The lowest BCUT2D eigenvalue weighted by Crippen LogP contribution is -2.53. The molecule has 1 amide bonds. The monoisotopic (exact) mass is 241 g/mol. The molecule has 5 heteroatoms. The number of amides is 1. The summed E-state index contributed by atoms with van der Waals surface area (Å²) in [6.45, 7) is 3.71. The molecule has 17 heavy (non-hydrogen) atoms. The van der Waals surface area contributed by atoms with Crippen LogP contribution in [0.15, 0.2) is 0 Å². The van der Waals surface area contributed by atoms with Crippen LogP contribution in [-0.4, -0.2) is 55.7 Å². The fourth-order valence-electron chi connectivity index (χ4n) is 3.04. The molecule has 2 rings (SSSR count). The first-order valence-electron chi connectivity index (χ1n) is 6.48. The largest absolute Gasteiger partial charge is 0.380 e. The van der Waals surface area contributed by atoms with Crippen LogP contribution in [0.2, 0.25) is 0 Å². The zero-order chi connectivity index (χ0) is 12.3. The number of hydrogen-bond donors (Lipinski definition) is 2. The summed E-state index contributed by atoms with van der Waals surface area (Å²) in [5, 5.41) is 3.13. The second-order valence-electron chi connectivity index (χ2n) is 5.09. The first kappa shape index (κ1) is 12.8. The van der Waals surface area contributed by atoms with Gasteiger partial charge in [0.25, 0.3) is 0 Å². The van der Waals surface area contributed by atoms with Crippen molar-refractivity contribution in [2.45, 2.75) is 37.3 Å². The normalized spacial score (nSPS) is 35.7. The summed E-state index contributed by atoms with van der Waals surface area (Å²) in [6, 6.07) is 0.469. The van der Waals surface area contributed by atoms with Crippen LogP contribution in [0.5, 0.6) is 0 Å². The minimum atomic E-state index is -0.488. The van der Waals surface area contributed by atoms with Crippen LogP contribution in [0.1, 0.15) is 25.7 Å². The second-order valence-corrected chi connectivity index (χ2v) is 5.09. The summed E-state index contributed by atoms with van der Waals surface area (Å²) in [7, 11) is 1.83. The van der Waals surface area contributed by atoms with Gasteiger partial charge in [0.05, 0.1) is 12.1 Å². The molecule has 1 heterocycles. The standard InChI is InChI=1S/C12H23N3O2/c1-14-12(11(13)16)4-3-10(9-12)15-5-2-7-17-8-6-15/h10,14H,2-9H2,1H3,(H2,13,16). The third kappa shape index (κ3) is 2.61. The summed E-state index contributed by atoms with van der Waals surface area (Å²) >= 11 is 0. The van der Waals surface area contributed by atoms with E-state index in [2.05, 4.69) is 10.2 Å². The number of ether oxygens (including phenoxy) is 1. The molecule has 2 unspecified atom stereocenters. The number of nitrogens with two attached hydrogens (primary N) is 1. The molecule has 5 nitrogen and oxygen atoms in total. The van der Waals surface area contributed by atoms with E-state index in [4.69, 9.17) is 10.5 Å². The Morgan fingerprint density at radius 2 is 2.29 bits per heavy atom. The first-order valence-corrected chi connectivity index (χ1v) is 6.48. The van der Waals surface area contributed by atoms with E-state index in [1.54, 1.807) is 0 Å². The molecule has 2 aliphatic rings. The van der Waals surface area contributed by atoms with E-state index in [0.717, 1.165) is 52.0 Å². The van der Waals surface area contributed by atoms with E-state index in [-0.39, 0.29) is 5.91 Å². The van der Waals surface area contributed by atoms with Gasteiger partial charge in [-0.2, -0.15) is 0 Å². The molecular formula is C12H23N3O2. The van der Waals surface area contributed by atoms with Gasteiger partial charge in [-0.05, 0) is 32.7 Å². The van der Waals surface area contributed by atoms with Crippen molar-refractivity contribution in [3.05, 3.63) is 0 Å². The Bertz CT molecular complexity index is 277. The summed E-state index contributed by atoms with van der Waals surface area (Å²) in [6.07, 6.45) is 3.81. The van der Waals surface area contributed by atoms with Gasteiger partial charge in [0, 0.05) is 25.7 Å². The molecule has 2 atom stereocenters. The number of likely N-dealkylation sites (N-methyl/N-ethyl adjacent to an activating group) is 1. The van der Waals surface area contributed by atoms with E-state index in [9.17, 15) is 4.79 Å². The average molecular weight is 241 g/mol. The molecule has 0 aromatic rings. The molecule has 1 aliphatic carbocycles. The molecule has 0 aromatic carbocycles. The highest BCUT2D eigenvalue weighted by Gasteiger charge is 2.44. The van der Waals surface area contributed by atoms with Crippen molar-refractivity contribution < 1.29 is 9.53 Å². The van der Waals surface area contributed by atoms with Gasteiger partial charge in [0.1, 0.15) is 0 Å². The van der Waals surface area contributed by atoms with Gasteiger partial charge >= 0.3 is 0 Å². The Hall–Kier alpha value is -0.650. The zero-order valence-corrected chi connectivity index (χ0v) is 10.6. The SMILES string of the molecule is CNC1(C(N)=O)CCC(N2CCCOCC2)C1. The lowest BCUT2D eigenvalue weighted by molar-refractivity contribution is -0.124. The Morgan fingerprint density at radius 3 is 2.94 bits per heavy atom. The fraction of sp³-hybridized carbons (Fsp3) is 0.917. The van der Waals surface area contributed by atoms with Gasteiger partial charge in [0.2, 0.25) is 5.91 Å². The van der Waals surface area contributed by atoms with Crippen molar-refractivity contribution in [1.29, 1.82) is 0 Å². The van der Waals surface area contributed by atoms with E-state index in [1.807, 2.05) is 7.05 Å². The number of nitrogens with zero attached hydrogens (tertiary/aromatic N) is 1. The maximum Gasteiger partial charge on any atom is 0.237 e. The average Bonchev–Trinajstić information content (AvgIpc) is 2.59. The molecule has 0 spiro atoms. The summed E-state index contributed by atoms with van der Waals surface area (Å²) < 4.78 is 5.46. The molecule has 98 valence electrons. The zero-order valence-electron chi connectivity index (χ0n) is 10.6. The molecule has 0 aromatic heterocycles. The third-order valence-electron chi connectivity index (χ3n) is 4.21. The first-order chi connectivity index (χ1) is 8.18. The molecule has 3 N–H and O–H groups in total. The predicted molar refractivity (Wildman–Crippen MR) is 65.6 cm³/mol. The van der Waals surface area contributed by atoms with Crippen LogP contribution in [0.4, 0.5) is 0 Å². The summed E-state index contributed by atoms with van der Waals surface area (Å²) in [5.41, 5.74) is 5.03. The number of nitrogens with one attached hydrogen (secondary N) is 1. The topological polar surface area (TPSA) is 67.6 Å². The lowest BCUT2D eigenvalue weighted by atomic mass is 9.96. The lowest BCUT2D eigenvalue weighted by Gasteiger charge is -2.29. The van der Waals surface area contributed by atoms with Crippen LogP contribution in [-0.2, 0) is 9.53 Å². The Labute approximate surface area is 103 Å². The van der Waals surface area contributed by atoms with E-state index in [0.29, 0.717) is 6.04 Å². The molecule has 1 saturated heterocycles. The van der Waals surface area contributed by atoms with E-state index in [1.165, 1.54) is 0 Å². The number of carbonyl (C=O) groups is 1. The third-order valence-corrected chi connectivity index (χ3v) is 4.21. The van der Waals surface area contributed by atoms with Gasteiger partial charge in [-0.15, -0.1) is 0 Å². The van der Waals surface area contributed by atoms with E-state index >= 15 is 0 Å². The van der Waals surface area contributed by atoms with Crippen LogP contribution in [0, 0.1) is 0 Å². The number of primary amides is 1. The number of hydrogen-bond acceptors (Lipinski definition) is 4. The summed E-state index contributed by atoms with van der Waals surface area (Å²) in [5.74, 6) is -0.214. The number of rotatable bonds is 3. The van der Waals surface area contributed by atoms with Gasteiger partial charge in [-0.3, -0.25) is 9.69 Å². The number of carbonyl (C=O) groups excluding carboxylic acids is 1. The van der Waals surface area contributed by atoms with Crippen molar-refractivity contribution in [1.82, 2.24) is 10.2 Å². The quantitative estimate of drug-likeness (QED) is 0.712.